The molecular formula is C13H24O5. The highest BCUT2D eigenvalue weighted by Crippen LogP contribution is 1.94. The molecule has 0 aromatic carbocycles. The van der Waals surface area contributed by atoms with Crippen molar-refractivity contribution in [3.63, 3.8) is 0 Å². The molecule has 0 aromatic rings. The summed E-state index contributed by atoms with van der Waals surface area (Å²) >= 11 is 0. The first-order valence-corrected chi connectivity index (χ1v) is 6.35. The van der Waals surface area contributed by atoms with Crippen LogP contribution in [0.1, 0.15) is 27.2 Å². The van der Waals surface area contributed by atoms with Gasteiger partial charge in [0.05, 0.1) is 26.4 Å². The summed E-state index contributed by atoms with van der Waals surface area (Å²) in [6.07, 6.45) is 0.499. The molecule has 0 aliphatic carbocycles. The van der Waals surface area contributed by atoms with Gasteiger partial charge in [-0.15, -0.1) is 0 Å². The van der Waals surface area contributed by atoms with E-state index in [0.29, 0.717) is 32.8 Å². The highest BCUT2D eigenvalue weighted by molar-refractivity contribution is 5.81. The summed E-state index contributed by atoms with van der Waals surface area (Å²) in [6.45, 7) is 7.44. The zero-order chi connectivity index (χ0) is 13.8. The van der Waals surface area contributed by atoms with E-state index in [0.717, 1.165) is 0 Å². The topological polar surface area (TPSA) is 61.8 Å². The maximum Gasteiger partial charge on any atom is 0.160 e. The lowest BCUT2D eigenvalue weighted by Gasteiger charge is -2.07. The predicted octanol–water partition coefficient (Wildman–Crippen LogP) is 1.24. The minimum atomic E-state index is 0.00965. The first-order chi connectivity index (χ1) is 8.57. The first-order valence-electron chi connectivity index (χ1n) is 6.35. The average Bonchev–Trinajstić information content (AvgIpc) is 2.35. The molecule has 0 aliphatic heterocycles. The Kier molecular flexibility index (Phi) is 10.8. The highest BCUT2D eigenvalue weighted by Gasteiger charge is 2.06. The maximum absolute atomic E-state index is 11.2. The van der Waals surface area contributed by atoms with Gasteiger partial charge in [-0.25, -0.2) is 0 Å². The second-order valence-electron chi connectivity index (χ2n) is 4.23. The number of hydrogen-bond acceptors (Lipinski definition) is 5. The fourth-order valence-electron chi connectivity index (χ4n) is 0.965. The van der Waals surface area contributed by atoms with Crippen LogP contribution in [0.15, 0.2) is 0 Å². The van der Waals surface area contributed by atoms with Crippen LogP contribution in [0.2, 0.25) is 0 Å². The lowest BCUT2D eigenvalue weighted by Crippen LogP contribution is -2.17. The molecule has 0 amide bonds. The quantitative estimate of drug-likeness (QED) is 0.494. The molecular weight excluding hydrogens is 236 g/mol. The Hall–Kier alpha value is -0.780. The number of hydrogen-bond donors (Lipinski definition) is 0. The number of ether oxygens (including phenoxy) is 3. The SMILES string of the molecule is CCC(=O)COCCOCCOCC(=O)C(C)C. The number of rotatable bonds is 12. The lowest BCUT2D eigenvalue weighted by molar-refractivity contribution is -0.127. The van der Waals surface area contributed by atoms with Crippen LogP contribution in [0.4, 0.5) is 0 Å². The van der Waals surface area contributed by atoms with Crippen molar-refractivity contribution in [2.45, 2.75) is 27.2 Å². The van der Waals surface area contributed by atoms with Crippen molar-refractivity contribution in [3.8, 4) is 0 Å². The van der Waals surface area contributed by atoms with Crippen LogP contribution in [-0.4, -0.2) is 51.2 Å². The normalized spacial score (nSPS) is 10.9. The lowest BCUT2D eigenvalue weighted by atomic mass is 10.1. The molecule has 0 aromatic heterocycles. The van der Waals surface area contributed by atoms with E-state index in [1.165, 1.54) is 0 Å². The third kappa shape index (κ3) is 10.4. The molecule has 106 valence electrons. The van der Waals surface area contributed by atoms with Crippen LogP contribution < -0.4 is 0 Å². The van der Waals surface area contributed by atoms with Crippen LogP contribution in [-0.2, 0) is 23.8 Å². The van der Waals surface area contributed by atoms with Gasteiger partial charge in [-0.2, -0.15) is 0 Å². The fourth-order valence-corrected chi connectivity index (χ4v) is 0.965. The molecule has 0 fully saturated rings. The zero-order valence-electron chi connectivity index (χ0n) is 11.6. The second kappa shape index (κ2) is 11.3. The van der Waals surface area contributed by atoms with Crippen molar-refractivity contribution in [2.75, 3.05) is 39.6 Å². The Balaban J connectivity index is 3.17. The minimum absolute atomic E-state index is 0.00965. The Labute approximate surface area is 109 Å². The van der Waals surface area contributed by atoms with E-state index in [4.69, 9.17) is 14.2 Å². The summed E-state index contributed by atoms with van der Waals surface area (Å²) in [5.41, 5.74) is 0. The third-order valence-corrected chi connectivity index (χ3v) is 2.29. The van der Waals surface area contributed by atoms with Crippen molar-refractivity contribution in [2.24, 2.45) is 5.92 Å². The van der Waals surface area contributed by atoms with E-state index in [-0.39, 0.29) is 30.7 Å². The largest absolute Gasteiger partial charge is 0.377 e. The van der Waals surface area contributed by atoms with Gasteiger partial charge in [0.2, 0.25) is 0 Å². The molecule has 5 heteroatoms. The van der Waals surface area contributed by atoms with Crippen LogP contribution in [0.5, 0.6) is 0 Å². The number of carbonyl (C=O) groups is 2. The molecule has 0 unspecified atom stereocenters. The van der Waals surface area contributed by atoms with E-state index < -0.39 is 0 Å². The Morgan fingerprint density at radius 3 is 1.89 bits per heavy atom. The summed E-state index contributed by atoms with van der Waals surface area (Å²) in [7, 11) is 0. The molecule has 0 aliphatic rings. The van der Waals surface area contributed by atoms with Crippen molar-refractivity contribution in [3.05, 3.63) is 0 Å². The van der Waals surface area contributed by atoms with Crippen molar-refractivity contribution in [1.82, 2.24) is 0 Å². The molecule has 0 spiro atoms. The second-order valence-corrected chi connectivity index (χ2v) is 4.23. The van der Waals surface area contributed by atoms with E-state index in [1.807, 2.05) is 13.8 Å². The van der Waals surface area contributed by atoms with Gasteiger partial charge in [0, 0.05) is 12.3 Å². The van der Waals surface area contributed by atoms with Crippen LogP contribution in [0, 0.1) is 5.92 Å². The summed E-state index contributed by atoms with van der Waals surface area (Å²) in [6, 6.07) is 0. The summed E-state index contributed by atoms with van der Waals surface area (Å²) in [5.74, 6) is 0.192. The van der Waals surface area contributed by atoms with Crippen LogP contribution in [0.25, 0.3) is 0 Å². The van der Waals surface area contributed by atoms with E-state index in [9.17, 15) is 9.59 Å². The van der Waals surface area contributed by atoms with Crippen molar-refractivity contribution in [1.29, 1.82) is 0 Å². The molecule has 18 heavy (non-hydrogen) atoms. The summed E-state index contributed by atoms with van der Waals surface area (Å²) in [5, 5.41) is 0. The Morgan fingerprint density at radius 1 is 0.889 bits per heavy atom. The molecule has 0 saturated heterocycles. The third-order valence-electron chi connectivity index (χ3n) is 2.29. The predicted molar refractivity (Wildman–Crippen MR) is 67.6 cm³/mol. The van der Waals surface area contributed by atoms with Crippen LogP contribution >= 0.6 is 0 Å². The van der Waals surface area contributed by atoms with Gasteiger partial charge in [-0.1, -0.05) is 20.8 Å². The van der Waals surface area contributed by atoms with Gasteiger partial charge in [-0.3, -0.25) is 9.59 Å². The van der Waals surface area contributed by atoms with Crippen molar-refractivity contribution < 1.29 is 23.8 Å². The molecule has 0 bridgehead atoms. The van der Waals surface area contributed by atoms with Gasteiger partial charge < -0.3 is 14.2 Å². The van der Waals surface area contributed by atoms with Crippen LogP contribution in [0.3, 0.4) is 0 Å². The first kappa shape index (κ1) is 17.2. The molecule has 0 atom stereocenters. The van der Waals surface area contributed by atoms with E-state index in [1.54, 1.807) is 6.92 Å². The Bertz CT molecular complexity index is 238. The number of ketones is 2. The number of Topliss-reactive ketones (excluding diaryl/α,β-unsaturated/α-hetero) is 2. The molecule has 0 saturated carbocycles. The maximum atomic E-state index is 11.2. The van der Waals surface area contributed by atoms with Gasteiger partial charge >= 0.3 is 0 Å². The monoisotopic (exact) mass is 260 g/mol. The zero-order valence-corrected chi connectivity index (χ0v) is 11.6. The molecule has 0 heterocycles. The highest BCUT2D eigenvalue weighted by atomic mass is 16.5. The van der Waals surface area contributed by atoms with E-state index in [2.05, 4.69) is 0 Å². The smallest absolute Gasteiger partial charge is 0.160 e. The Morgan fingerprint density at radius 2 is 1.39 bits per heavy atom. The summed E-state index contributed by atoms with van der Waals surface area (Å²) < 4.78 is 15.5. The van der Waals surface area contributed by atoms with E-state index >= 15 is 0 Å². The standard InChI is InChI=1S/C13H24O5/c1-4-12(14)9-17-7-5-16-6-8-18-10-13(15)11(2)3/h11H,4-10H2,1-3H3. The molecule has 0 N–H and O–H groups in total. The van der Waals surface area contributed by atoms with Crippen molar-refractivity contribution >= 4 is 11.6 Å². The van der Waals surface area contributed by atoms with Gasteiger partial charge in [-0.05, 0) is 0 Å². The van der Waals surface area contributed by atoms with Gasteiger partial charge in [0.25, 0.3) is 0 Å². The molecule has 0 rings (SSSR count). The van der Waals surface area contributed by atoms with Gasteiger partial charge in [0.15, 0.2) is 11.6 Å². The fraction of sp³-hybridized carbons (Fsp3) is 0.846. The van der Waals surface area contributed by atoms with Gasteiger partial charge in [0.1, 0.15) is 13.2 Å². The average molecular weight is 260 g/mol. The number of carbonyl (C=O) groups excluding carboxylic acids is 2. The minimum Gasteiger partial charge on any atom is -0.377 e. The summed E-state index contributed by atoms with van der Waals surface area (Å²) in [4.78, 5) is 22.1. The molecule has 0 radical (unpaired) electrons. The molecule has 5 nitrogen and oxygen atoms in total.